The predicted molar refractivity (Wildman–Crippen MR) is 94.7 cm³/mol. The van der Waals surface area contributed by atoms with Crippen molar-refractivity contribution in [1.82, 2.24) is 0 Å². The van der Waals surface area contributed by atoms with Crippen LogP contribution in [0.25, 0.3) is 0 Å². The molecule has 0 amide bonds. The number of benzene rings is 3. The minimum atomic E-state index is 0.200. The molecular formula is C22H20O. The Kier molecular flexibility index (Phi) is 5.00. The Balaban J connectivity index is 1.82. The molecule has 0 aliphatic carbocycles. The van der Waals surface area contributed by atoms with Crippen molar-refractivity contribution in [2.75, 3.05) is 0 Å². The summed E-state index contributed by atoms with van der Waals surface area (Å²) in [7, 11) is 0. The molecule has 3 aromatic carbocycles. The van der Waals surface area contributed by atoms with Crippen LogP contribution < -0.4 is 0 Å². The Hall–Kier alpha value is -2.67. The number of hydrogen-bond acceptors (Lipinski definition) is 1. The van der Waals surface area contributed by atoms with Crippen LogP contribution in [-0.4, -0.2) is 5.78 Å². The average molecular weight is 300 g/mol. The highest BCUT2D eigenvalue weighted by molar-refractivity contribution is 5.96. The Bertz CT molecular complexity index is 733. The van der Waals surface area contributed by atoms with Gasteiger partial charge in [-0.25, -0.2) is 0 Å². The number of carbonyl (C=O) groups is 1. The quantitative estimate of drug-likeness (QED) is 0.566. The summed E-state index contributed by atoms with van der Waals surface area (Å²) in [6.07, 6.45) is 1.41. The molecule has 0 unspecified atom stereocenters. The minimum absolute atomic E-state index is 0.200. The van der Waals surface area contributed by atoms with Crippen LogP contribution in [-0.2, 0) is 6.42 Å². The molecule has 0 N–H and O–H groups in total. The van der Waals surface area contributed by atoms with Crippen LogP contribution in [0.3, 0.4) is 0 Å². The molecule has 114 valence electrons. The van der Waals surface area contributed by atoms with Crippen LogP contribution in [0.4, 0.5) is 0 Å². The summed E-state index contributed by atoms with van der Waals surface area (Å²) in [5.41, 5.74) is 3.28. The molecule has 0 saturated heterocycles. The average Bonchev–Trinajstić information content (AvgIpc) is 2.63. The normalized spacial score (nSPS) is 11.8. The summed E-state index contributed by atoms with van der Waals surface area (Å²) in [5.74, 6) is 0.404. The first-order valence-electron chi connectivity index (χ1n) is 8.00. The molecular weight excluding hydrogens is 280 g/mol. The first kappa shape index (κ1) is 15.2. The molecule has 3 rings (SSSR count). The van der Waals surface area contributed by atoms with E-state index >= 15 is 0 Å². The van der Waals surface area contributed by atoms with Gasteiger partial charge in [-0.2, -0.15) is 0 Å². The zero-order chi connectivity index (χ0) is 15.9. The highest BCUT2D eigenvalue weighted by Crippen LogP contribution is 2.26. The van der Waals surface area contributed by atoms with Crippen LogP contribution in [0.1, 0.15) is 33.8 Å². The Morgan fingerprint density at radius 1 is 0.696 bits per heavy atom. The third-order valence-electron chi connectivity index (χ3n) is 4.12. The topological polar surface area (TPSA) is 17.1 Å². The van der Waals surface area contributed by atoms with E-state index in [2.05, 4.69) is 36.4 Å². The SMILES string of the molecule is O=C(C[C@@H](Cc1ccccc1)c1ccccc1)c1ccccc1. The van der Waals surface area contributed by atoms with Crippen LogP contribution in [0.5, 0.6) is 0 Å². The summed E-state index contributed by atoms with van der Waals surface area (Å²) in [5, 5.41) is 0. The number of ketones is 1. The van der Waals surface area contributed by atoms with Gasteiger partial charge in [-0.15, -0.1) is 0 Å². The van der Waals surface area contributed by atoms with Crippen LogP contribution in [0, 0.1) is 0 Å². The van der Waals surface area contributed by atoms with Crippen molar-refractivity contribution in [3.05, 3.63) is 108 Å². The maximum atomic E-state index is 12.6. The molecule has 3 aromatic rings. The first-order chi connectivity index (χ1) is 11.3. The number of Topliss-reactive ketones (excluding diaryl/α,β-unsaturated/α-hetero) is 1. The molecule has 1 nitrogen and oxygen atoms in total. The van der Waals surface area contributed by atoms with Crippen molar-refractivity contribution in [2.24, 2.45) is 0 Å². The molecule has 0 heterocycles. The molecule has 0 aliphatic heterocycles. The van der Waals surface area contributed by atoms with Gasteiger partial charge in [-0.1, -0.05) is 91.0 Å². The second-order valence-electron chi connectivity index (χ2n) is 5.79. The smallest absolute Gasteiger partial charge is 0.163 e. The fourth-order valence-corrected chi connectivity index (χ4v) is 2.90. The third kappa shape index (κ3) is 4.17. The lowest BCUT2D eigenvalue weighted by Gasteiger charge is -2.17. The van der Waals surface area contributed by atoms with Gasteiger partial charge in [0.1, 0.15) is 0 Å². The summed E-state index contributed by atoms with van der Waals surface area (Å²) in [6.45, 7) is 0. The number of rotatable bonds is 6. The fraction of sp³-hybridized carbons (Fsp3) is 0.136. The maximum Gasteiger partial charge on any atom is 0.163 e. The lowest BCUT2D eigenvalue weighted by Crippen LogP contribution is -2.10. The van der Waals surface area contributed by atoms with Gasteiger partial charge in [-0.05, 0) is 23.5 Å². The molecule has 0 aliphatic rings. The number of hydrogen-bond donors (Lipinski definition) is 0. The molecule has 0 aromatic heterocycles. The maximum absolute atomic E-state index is 12.6. The third-order valence-corrected chi connectivity index (χ3v) is 4.12. The van der Waals surface area contributed by atoms with Gasteiger partial charge < -0.3 is 0 Å². The second kappa shape index (κ2) is 7.55. The van der Waals surface area contributed by atoms with Gasteiger partial charge in [-0.3, -0.25) is 4.79 Å². The van der Waals surface area contributed by atoms with Gasteiger partial charge in [0.15, 0.2) is 5.78 Å². The zero-order valence-corrected chi connectivity index (χ0v) is 13.1. The molecule has 23 heavy (non-hydrogen) atoms. The van der Waals surface area contributed by atoms with Gasteiger partial charge in [0.25, 0.3) is 0 Å². The summed E-state index contributed by atoms with van der Waals surface area (Å²) >= 11 is 0. The van der Waals surface area contributed by atoms with Gasteiger partial charge >= 0.3 is 0 Å². The van der Waals surface area contributed by atoms with Crippen molar-refractivity contribution in [3.63, 3.8) is 0 Å². The van der Waals surface area contributed by atoms with Crippen molar-refractivity contribution >= 4 is 5.78 Å². The van der Waals surface area contributed by atoms with E-state index in [1.807, 2.05) is 54.6 Å². The summed E-state index contributed by atoms with van der Waals surface area (Å²) in [4.78, 5) is 12.6. The second-order valence-corrected chi connectivity index (χ2v) is 5.79. The van der Waals surface area contributed by atoms with E-state index in [4.69, 9.17) is 0 Å². The van der Waals surface area contributed by atoms with E-state index in [0.29, 0.717) is 6.42 Å². The van der Waals surface area contributed by atoms with E-state index in [9.17, 15) is 4.79 Å². The highest BCUT2D eigenvalue weighted by atomic mass is 16.1. The molecule has 0 fully saturated rings. The summed E-state index contributed by atoms with van der Waals surface area (Å²) in [6, 6.07) is 30.3. The van der Waals surface area contributed by atoms with Crippen molar-refractivity contribution in [1.29, 1.82) is 0 Å². The first-order valence-corrected chi connectivity index (χ1v) is 8.00. The van der Waals surface area contributed by atoms with E-state index < -0.39 is 0 Å². The molecule has 0 radical (unpaired) electrons. The Labute approximate surface area is 137 Å². The van der Waals surface area contributed by atoms with Gasteiger partial charge in [0, 0.05) is 12.0 Å². The molecule has 0 spiro atoms. The van der Waals surface area contributed by atoms with Crippen molar-refractivity contribution in [2.45, 2.75) is 18.8 Å². The van der Waals surface area contributed by atoms with E-state index in [0.717, 1.165) is 12.0 Å². The monoisotopic (exact) mass is 300 g/mol. The van der Waals surface area contributed by atoms with Gasteiger partial charge in [0.05, 0.1) is 0 Å². The van der Waals surface area contributed by atoms with Crippen LogP contribution >= 0.6 is 0 Å². The molecule has 1 atom stereocenters. The lowest BCUT2D eigenvalue weighted by molar-refractivity contribution is 0.0973. The van der Waals surface area contributed by atoms with Crippen molar-refractivity contribution in [3.8, 4) is 0 Å². The summed E-state index contributed by atoms with van der Waals surface area (Å²) < 4.78 is 0. The van der Waals surface area contributed by atoms with E-state index in [-0.39, 0.29) is 11.7 Å². The number of carbonyl (C=O) groups excluding carboxylic acids is 1. The standard InChI is InChI=1S/C22H20O/c23-22(20-14-8-3-9-15-20)17-21(19-12-6-2-7-13-19)16-18-10-4-1-5-11-18/h1-15,21H,16-17H2/t21-/m1/s1. The lowest BCUT2D eigenvalue weighted by atomic mass is 9.86. The van der Waals surface area contributed by atoms with E-state index in [1.54, 1.807) is 0 Å². The zero-order valence-electron chi connectivity index (χ0n) is 13.1. The van der Waals surface area contributed by atoms with E-state index in [1.165, 1.54) is 11.1 Å². The molecule has 1 heteroatoms. The largest absolute Gasteiger partial charge is 0.294 e. The van der Waals surface area contributed by atoms with Gasteiger partial charge in [0.2, 0.25) is 0 Å². The molecule has 0 bridgehead atoms. The van der Waals surface area contributed by atoms with Crippen LogP contribution in [0.2, 0.25) is 0 Å². The minimum Gasteiger partial charge on any atom is -0.294 e. The predicted octanol–water partition coefficient (Wildman–Crippen LogP) is 5.29. The van der Waals surface area contributed by atoms with Crippen molar-refractivity contribution < 1.29 is 4.79 Å². The Morgan fingerprint density at radius 2 is 1.22 bits per heavy atom. The fourth-order valence-electron chi connectivity index (χ4n) is 2.90. The Morgan fingerprint density at radius 3 is 1.83 bits per heavy atom. The highest BCUT2D eigenvalue weighted by Gasteiger charge is 2.17. The van der Waals surface area contributed by atoms with Crippen LogP contribution in [0.15, 0.2) is 91.0 Å². The molecule has 0 saturated carbocycles.